The fourth-order valence-corrected chi connectivity index (χ4v) is 2.92. The fourth-order valence-electron chi connectivity index (χ4n) is 2.72. The van der Waals surface area contributed by atoms with Gasteiger partial charge in [0.15, 0.2) is 5.02 Å². The van der Waals surface area contributed by atoms with Crippen LogP contribution in [0.2, 0.25) is 5.02 Å². The van der Waals surface area contributed by atoms with Gasteiger partial charge in [-0.2, -0.15) is 4.68 Å². The molecule has 0 fully saturated rings. The van der Waals surface area contributed by atoms with Crippen molar-refractivity contribution in [2.45, 2.75) is 13.5 Å². The minimum Gasteiger partial charge on any atom is -0.497 e. The molecule has 0 aliphatic rings. The largest absolute Gasteiger partial charge is 0.497 e. The highest BCUT2D eigenvalue weighted by Crippen LogP contribution is 2.31. The molecule has 0 bridgehead atoms. The van der Waals surface area contributed by atoms with E-state index in [2.05, 4.69) is 10.4 Å². The molecule has 1 amide bonds. The predicted molar refractivity (Wildman–Crippen MR) is 113 cm³/mol. The van der Waals surface area contributed by atoms with Crippen molar-refractivity contribution in [2.75, 3.05) is 12.4 Å². The van der Waals surface area contributed by atoms with Crippen LogP contribution in [0.25, 0.3) is 0 Å². The van der Waals surface area contributed by atoms with Gasteiger partial charge in [0, 0.05) is 12.1 Å². The van der Waals surface area contributed by atoms with Gasteiger partial charge in [0.25, 0.3) is 5.69 Å². The van der Waals surface area contributed by atoms with Crippen molar-refractivity contribution in [3.63, 3.8) is 0 Å². The molecule has 0 radical (unpaired) electrons. The third kappa shape index (κ3) is 5.10. The number of non-ortho nitro benzene ring substituents is 1. The summed E-state index contributed by atoms with van der Waals surface area (Å²) in [5.74, 6) is -0.0644. The zero-order valence-corrected chi connectivity index (χ0v) is 17.5. The lowest BCUT2D eigenvalue weighted by Gasteiger charge is -2.10. The predicted octanol–water partition coefficient (Wildman–Crippen LogP) is 4.10. The Balaban J connectivity index is 1.80. The average molecular weight is 462 g/mol. The van der Waals surface area contributed by atoms with E-state index in [1.807, 2.05) is 0 Å². The second-order valence-electron chi connectivity index (χ2n) is 6.44. The number of rotatable bonds is 8. The molecule has 13 heteroatoms. The molecular weight excluding hydrogens is 446 g/mol. The smallest absolute Gasteiger partial charge is 0.408 e. The highest BCUT2D eigenvalue weighted by molar-refractivity contribution is 6.33. The molecule has 0 aliphatic heterocycles. The van der Waals surface area contributed by atoms with Gasteiger partial charge < -0.3 is 24.9 Å². The summed E-state index contributed by atoms with van der Waals surface area (Å²) < 4.78 is 11.8. The standard InChI is InChI=1S/C19H16ClN5O7/c1-11-18(20)19(25(29)30)22-23(11)10-17(26)21-12-7-13(24(27)28)9-16(8-12)32-15-5-3-14(31-2)4-6-15/h3-9H,10H2,1-2H3,(H,21,26). The highest BCUT2D eigenvalue weighted by Gasteiger charge is 2.25. The molecule has 1 aromatic heterocycles. The van der Waals surface area contributed by atoms with Gasteiger partial charge in [0.05, 0.1) is 34.6 Å². The van der Waals surface area contributed by atoms with Gasteiger partial charge in [-0.25, -0.2) is 0 Å². The van der Waals surface area contributed by atoms with E-state index in [0.29, 0.717) is 11.5 Å². The molecule has 0 saturated heterocycles. The Morgan fingerprint density at radius 3 is 2.31 bits per heavy atom. The molecule has 0 spiro atoms. The molecule has 32 heavy (non-hydrogen) atoms. The zero-order valence-electron chi connectivity index (χ0n) is 16.8. The van der Waals surface area contributed by atoms with Crippen molar-refractivity contribution >= 4 is 34.7 Å². The number of benzene rings is 2. The minimum absolute atomic E-state index is 0.0955. The topological polar surface area (TPSA) is 152 Å². The first-order chi connectivity index (χ1) is 15.2. The van der Waals surface area contributed by atoms with Crippen molar-refractivity contribution in [3.05, 3.63) is 73.4 Å². The Labute approximate surface area is 185 Å². The Kier molecular flexibility index (Phi) is 6.54. The lowest BCUT2D eigenvalue weighted by Crippen LogP contribution is -2.20. The van der Waals surface area contributed by atoms with E-state index in [1.165, 1.54) is 26.2 Å². The lowest BCUT2D eigenvalue weighted by molar-refractivity contribution is -0.389. The molecule has 3 rings (SSSR count). The number of nitrogens with zero attached hydrogens (tertiary/aromatic N) is 4. The SMILES string of the molecule is COc1ccc(Oc2cc(NC(=O)Cn3nc([N+](=O)[O-])c(Cl)c3C)cc([N+](=O)[O-])c2)cc1. The second kappa shape index (κ2) is 9.31. The second-order valence-corrected chi connectivity index (χ2v) is 6.81. The highest BCUT2D eigenvalue weighted by atomic mass is 35.5. The van der Waals surface area contributed by atoms with E-state index in [-0.39, 0.29) is 27.8 Å². The first-order valence-corrected chi connectivity index (χ1v) is 9.34. The fraction of sp³-hybridized carbons (Fsp3) is 0.158. The molecule has 1 heterocycles. The van der Waals surface area contributed by atoms with Gasteiger partial charge in [-0.05, 0) is 36.1 Å². The maximum absolute atomic E-state index is 12.4. The molecule has 2 aromatic carbocycles. The number of halogens is 1. The van der Waals surface area contributed by atoms with E-state index in [4.69, 9.17) is 21.1 Å². The third-order valence-corrected chi connectivity index (χ3v) is 4.71. The van der Waals surface area contributed by atoms with Gasteiger partial charge in [0.2, 0.25) is 5.91 Å². The summed E-state index contributed by atoms with van der Waals surface area (Å²) in [5, 5.41) is 28.3. The van der Waals surface area contributed by atoms with E-state index >= 15 is 0 Å². The van der Waals surface area contributed by atoms with Crippen LogP contribution in [0.15, 0.2) is 42.5 Å². The molecule has 12 nitrogen and oxygen atoms in total. The van der Waals surface area contributed by atoms with Crippen LogP contribution in [0, 0.1) is 27.2 Å². The summed E-state index contributed by atoms with van der Waals surface area (Å²) in [5.41, 5.74) is 0.0227. The van der Waals surface area contributed by atoms with Crippen molar-refractivity contribution < 1.29 is 24.1 Å². The van der Waals surface area contributed by atoms with Gasteiger partial charge >= 0.3 is 5.82 Å². The Morgan fingerprint density at radius 2 is 1.75 bits per heavy atom. The van der Waals surface area contributed by atoms with Crippen LogP contribution in [0.1, 0.15) is 5.69 Å². The number of nitrogens with one attached hydrogen (secondary N) is 1. The molecule has 1 N–H and O–H groups in total. The molecule has 166 valence electrons. The van der Waals surface area contributed by atoms with E-state index < -0.39 is 28.1 Å². The van der Waals surface area contributed by atoms with Gasteiger partial charge in [-0.15, -0.1) is 0 Å². The van der Waals surface area contributed by atoms with E-state index in [1.54, 1.807) is 24.3 Å². The number of amides is 1. The van der Waals surface area contributed by atoms with E-state index in [9.17, 15) is 25.0 Å². The first-order valence-electron chi connectivity index (χ1n) is 8.96. The molecule has 0 atom stereocenters. The number of hydrogen-bond acceptors (Lipinski definition) is 8. The summed E-state index contributed by atoms with van der Waals surface area (Å²) in [6, 6.07) is 10.3. The monoisotopic (exact) mass is 461 g/mol. The molecule has 0 aliphatic carbocycles. The number of nitro benzene ring substituents is 1. The lowest BCUT2D eigenvalue weighted by atomic mass is 10.2. The first kappa shape index (κ1) is 22.5. The van der Waals surface area contributed by atoms with Crippen LogP contribution in [0.5, 0.6) is 17.2 Å². The van der Waals surface area contributed by atoms with Gasteiger partial charge in [-0.1, -0.05) is 11.6 Å². The van der Waals surface area contributed by atoms with Crippen molar-refractivity contribution in [1.82, 2.24) is 9.78 Å². The Morgan fingerprint density at radius 1 is 1.09 bits per heavy atom. The maximum Gasteiger partial charge on any atom is 0.408 e. The number of anilines is 1. The summed E-state index contributed by atoms with van der Waals surface area (Å²) in [4.78, 5) is 33.3. The Bertz CT molecular complexity index is 1190. The van der Waals surface area contributed by atoms with Crippen molar-refractivity contribution in [1.29, 1.82) is 0 Å². The maximum atomic E-state index is 12.4. The van der Waals surface area contributed by atoms with Crippen LogP contribution in [-0.2, 0) is 11.3 Å². The van der Waals surface area contributed by atoms with Gasteiger partial charge in [-0.3, -0.25) is 14.9 Å². The average Bonchev–Trinajstić information content (AvgIpc) is 3.02. The van der Waals surface area contributed by atoms with Crippen molar-refractivity contribution in [2.24, 2.45) is 0 Å². The summed E-state index contributed by atoms with van der Waals surface area (Å²) in [6.45, 7) is 1.08. The van der Waals surface area contributed by atoms with Crippen molar-refractivity contribution in [3.8, 4) is 17.2 Å². The molecular formula is C19H16ClN5O7. The van der Waals surface area contributed by atoms with Gasteiger partial charge in [0.1, 0.15) is 23.8 Å². The van der Waals surface area contributed by atoms with Crippen LogP contribution in [0.3, 0.4) is 0 Å². The zero-order chi connectivity index (χ0) is 23.4. The summed E-state index contributed by atoms with van der Waals surface area (Å²) in [6.07, 6.45) is 0. The minimum atomic E-state index is -0.757. The number of ether oxygens (including phenoxy) is 2. The number of nitro groups is 2. The quantitative estimate of drug-likeness (QED) is 0.388. The number of carbonyl (C=O) groups is 1. The van der Waals surface area contributed by atoms with E-state index in [0.717, 1.165) is 10.7 Å². The number of methoxy groups -OCH3 is 1. The molecule has 0 saturated carbocycles. The van der Waals surface area contributed by atoms with Crippen LogP contribution < -0.4 is 14.8 Å². The van der Waals surface area contributed by atoms with Crippen LogP contribution in [-0.4, -0.2) is 32.6 Å². The van der Waals surface area contributed by atoms with Crippen LogP contribution in [0.4, 0.5) is 17.2 Å². The number of carbonyl (C=O) groups excluding carboxylic acids is 1. The number of hydrogen-bond donors (Lipinski definition) is 1. The Hall–Kier alpha value is -4.19. The summed E-state index contributed by atoms with van der Waals surface area (Å²) >= 11 is 5.87. The molecule has 0 unspecified atom stereocenters. The number of aromatic nitrogens is 2. The normalized spacial score (nSPS) is 10.5. The third-order valence-electron chi connectivity index (χ3n) is 4.26. The van der Waals surface area contributed by atoms with Crippen LogP contribution >= 0.6 is 11.6 Å². The molecule has 3 aromatic rings. The summed E-state index contributed by atoms with van der Waals surface area (Å²) in [7, 11) is 1.52.